The van der Waals surface area contributed by atoms with Gasteiger partial charge in [0.05, 0.1) is 11.4 Å². The van der Waals surface area contributed by atoms with Crippen LogP contribution in [0.3, 0.4) is 0 Å². The molecule has 1 aromatic carbocycles. The van der Waals surface area contributed by atoms with Gasteiger partial charge >= 0.3 is 0 Å². The van der Waals surface area contributed by atoms with Crippen molar-refractivity contribution in [2.45, 2.75) is 33.3 Å². The molecule has 1 aromatic heterocycles. The van der Waals surface area contributed by atoms with Crippen LogP contribution >= 0.6 is 11.3 Å². The first-order valence-corrected chi connectivity index (χ1v) is 8.03. The normalized spacial score (nSPS) is 11.3. The maximum absolute atomic E-state index is 11.5. The molecule has 0 atom stereocenters. The fourth-order valence-electron chi connectivity index (χ4n) is 1.77. The van der Waals surface area contributed by atoms with Crippen molar-refractivity contribution in [3.63, 3.8) is 0 Å². The van der Waals surface area contributed by atoms with Crippen LogP contribution < -0.4 is 5.32 Å². The first kappa shape index (κ1) is 16.2. The van der Waals surface area contributed by atoms with E-state index in [0.29, 0.717) is 11.6 Å². The molecule has 0 aliphatic carbocycles. The Balaban J connectivity index is 1.85. The van der Waals surface area contributed by atoms with Crippen LogP contribution in [-0.2, 0) is 16.2 Å². The Morgan fingerprint density at radius 1 is 1.36 bits per heavy atom. The van der Waals surface area contributed by atoms with E-state index in [1.165, 1.54) is 11.3 Å². The minimum atomic E-state index is -0.0118. The summed E-state index contributed by atoms with van der Waals surface area (Å²) in [5.74, 6) is -0.0118. The molecule has 0 unspecified atom stereocenters. The molecule has 1 heterocycles. The van der Waals surface area contributed by atoms with Crippen molar-refractivity contribution in [3.05, 3.63) is 47.0 Å². The molecule has 2 aromatic rings. The van der Waals surface area contributed by atoms with Gasteiger partial charge in [0.1, 0.15) is 0 Å². The highest BCUT2D eigenvalue weighted by atomic mass is 32.1. The summed E-state index contributed by atoms with van der Waals surface area (Å²) in [7, 11) is 0. The summed E-state index contributed by atoms with van der Waals surface area (Å²) in [6.07, 6.45) is 1.33. The number of benzene rings is 1. The van der Waals surface area contributed by atoms with Crippen molar-refractivity contribution in [1.29, 1.82) is 0 Å². The maximum Gasteiger partial charge on any atom is 0.226 e. The Hall–Kier alpha value is -2.21. The van der Waals surface area contributed by atoms with Gasteiger partial charge in [-0.3, -0.25) is 4.79 Å². The summed E-state index contributed by atoms with van der Waals surface area (Å²) in [6, 6.07) is 9.83. The van der Waals surface area contributed by atoms with Crippen LogP contribution in [0.25, 0.3) is 0 Å². The lowest BCUT2D eigenvalue weighted by Crippen LogP contribution is -2.10. The zero-order valence-corrected chi connectivity index (χ0v) is 13.5. The minimum absolute atomic E-state index is 0.0118. The van der Waals surface area contributed by atoms with Crippen molar-refractivity contribution in [2.24, 2.45) is 5.16 Å². The molecular weight excluding hydrogens is 298 g/mol. The lowest BCUT2D eigenvalue weighted by Gasteiger charge is -2.01. The standard InChI is InChI=1S/C16H19N3O2S/c1-3-7-15(20)18-16-17-14(11-22-16)10-21-19-12(2)13-8-5-4-6-9-13/h4-6,8-9,11H,3,7,10H2,1-2H3,(H,17,18,20)/b19-12+. The number of carbonyl (C=O) groups excluding carboxylic acids is 1. The van der Waals surface area contributed by atoms with E-state index < -0.39 is 0 Å². The van der Waals surface area contributed by atoms with Crippen LogP contribution in [0, 0.1) is 0 Å². The second-order valence-electron chi connectivity index (χ2n) is 4.76. The van der Waals surface area contributed by atoms with E-state index in [9.17, 15) is 4.79 Å². The van der Waals surface area contributed by atoms with Crippen molar-refractivity contribution >= 4 is 28.1 Å². The Labute approximate surface area is 134 Å². The number of nitrogens with one attached hydrogen (secondary N) is 1. The maximum atomic E-state index is 11.5. The molecule has 0 fully saturated rings. The smallest absolute Gasteiger partial charge is 0.226 e. The number of thiazole rings is 1. The van der Waals surface area contributed by atoms with Gasteiger partial charge < -0.3 is 10.2 Å². The molecule has 116 valence electrons. The molecule has 0 saturated carbocycles. The predicted molar refractivity (Wildman–Crippen MR) is 89.1 cm³/mol. The topological polar surface area (TPSA) is 63.6 Å². The van der Waals surface area contributed by atoms with Gasteiger partial charge in [-0.2, -0.15) is 0 Å². The molecule has 6 heteroatoms. The summed E-state index contributed by atoms with van der Waals surface area (Å²) >= 11 is 1.39. The van der Waals surface area contributed by atoms with Crippen LogP contribution in [0.4, 0.5) is 5.13 Å². The second kappa shape index (κ2) is 8.29. The molecule has 1 amide bonds. The van der Waals surface area contributed by atoms with Crippen molar-refractivity contribution in [2.75, 3.05) is 5.32 Å². The van der Waals surface area contributed by atoms with Gasteiger partial charge in [-0.15, -0.1) is 11.3 Å². The van der Waals surface area contributed by atoms with Crippen molar-refractivity contribution in [3.8, 4) is 0 Å². The number of carbonyl (C=O) groups is 1. The Kier molecular flexibility index (Phi) is 6.09. The zero-order valence-electron chi connectivity index (χ0n) is 12.7. The average Bonchev–Trinajstić information content (AvgIpc) is 2.95. The summed E-state index contributed by atoms with van der Waals surface area (Å²) in [5.41, 5.74) is 2.59. The number of rotatable bonds is 7. The van der Waals surface area contributed by atoms with Crippen LogP contribution in [0.2, 0.25) is 0 Å². The van der Waals surface area contributed by atoms with Gasteiger partial charge in [0, 0.05) is 11.8 Å². The third-order valence-corrected chi connectivity index (χ3v) is 3.69. The number of anilines is 1. The number of oxime groups is 1. The Bertz CT molecular complexity index is 638. The lowest BCUT2D eigenvalue weighted by molar-refractivity contribution is -0.116. The van der Waals surface area contributed by atoms with Gasteiger partial charge in [-0.05, 0) is 18.9 Å². The van der Waals surface area contributed by atoms with E-state index in [0.717, 1.165) is 23.4 Å². The van der Waals surface area contributed by atoms with Crippen LogP contribution in [0.15, 0.2) is 40.9 Å². The average molecular weight is 317 g/mol. The molecule has 0 spiro atoms. The SMILES string of the molecule is CCCC(=O)Nc1nc(CO/N=C(\C)c2ccccc2)cs1. The molecule has 1 N–H and O–H groups in total. The highest BCUT2D eigenvalue weighted by Gasteiger charge is 2.06. The van der Waals surface area contributed by atoms with E-state index in [1.54, 1.807) is 0 Å². The van der Waals surface area contributed by atoms with Crippen LogP contribution in [-0.4, -0.2) is 16.6 Å². The lowest BCUT2D eigenvalue weighted by atomic mass is 10.1. The first-order valence-electron chi connectivity index (χ1n) is 7.15. The monoisotopic (exact) mass is 317 g/mol. The summed E-state index contributed by atoms with van der Waals surface area (Å²) in [5, 5.41) is 9.30. The van der Waals surface area contributed by atoms with Crippen LogP contribution in [0.1, 0.15) is 37.9 Å². The minimum Gasteiger partial charge on any atom is -0.389 e. The van der Waals surface area contributed by atoms with Gasteiger partial charge in [0.15, 0.2) is 11.7 Å². The van der Waals surface area contributed by atoms with Crippen LogP contribution in [0.5, 0.6) is 0 Å². The fraction of sp³-hybridized carbons (Fsp3) is 0.312. The van der Waals surface area contributed by atoms with Gasteiger partial charge in [-0.25, -0.2) is 4.98 Å². The van der Waals surface area contributed by atoms with Gasteiger partial charge in [-0.1, -0.05) is 42.4 Å². The molecule has 0 bridgehead atoms. The van der Waals surface area contributed by atoms with E-state index in [1.807, 2.05) is 49.6 Å². The summed E-state index contributed by atoms with van der Waals surface area (Å²) < 4.78 is 0. The zero-order chi connectivity index (χ0) is 15.8. The second-order valence-corrected chi connectivity index (χ2v) is 5.62. The van der Waals surface area contributed by atoms with E-state index in [-0.39, 0.29) is 12.5 Å². The Morgan fingerprint density at radius 3 is 2.86 bits per heavy atom. The summed E-state index contributed by atoms with van der Waals surface area (Å²) in [4.78, 5) is 21.1. The molecule has 0 saturated heterocycles. The third-order valence-electron chi connectivity index (χ3n) is 2.88. The Morgan fingerprint density at radius 2 is 2.14 bits per heavy atom. The molecule has 0 radical (unpaired) electrons. The predicted octanol–water partition coefficient (Wildman–Crippen LogP) is 3.82. The number of nitrogens with zero attached hydrogens (tertiary/aromatic N) is 2. The molecule has 0 aliphatic rings. The van der Waals surface area contributed by atoms with Gasteiger partial charge in [0.2, 0.25) is 5.91 Å². The van der Waals surface area contributed by atoms with E-state index >= 15 is 0 Å². The highest BCUT2D eigenvalue weighted by Crippen LogP contribution is 2.16. The quantitative estimate of drug-likeness (QED) is 0.623. The molecule has 22 heavy (non-hydrogen) atoms. The molecule has 5 nitrogen and oxygen atoms in total. The highest BCUT2D eigenvalue weighted by molar-refractivity contribution is 7.13. The number of amides is 1. The number of hydrogen-bond acceptors (Lipinski definition) is 5. The molecule has 0 aliphatic heterocycles. The third kappa shape index (κ3) is 4.96. The summed E-state index contributed by atoms with van der Waals surface area (Å²) in [6.45, 7) is 4.14. The van der Waals surface area contributed by atoms with Crippen molar-refractivity contribution < 1.29 is 9.63 Å². The molecule has 2 rings (SSSR count). The van der Waals surface area contributed by atoms with E-state index in [4.69, 9.17) is 4.84 Å². The molecular formula is C16H19N3O2S. The largest absolute Gasteiger partial charge is 0.389 e. The first-order chi connectivity index (χ1) is 10.7. The van der Waals surface area contributed by atoms with Gasteiger partial charge in [0.25, 0.3) is 0 Å². The fourth-order valence-corrected chi connectivity index (χ4v) is 2.48. The van der Waals surface area contributed by atoms with E-state index in [2.05, 4.69) is 15.5 Å². The number of hydrogen-bond donors (Lipinski definition) is 1. The number of aromatic nitrogens is 1. The van der Waals surface area contributed by atoms with Crippen molar-refractivity contribution in [1.82, 2.24) is 4.98 Å².